The Hall–Kier alpha value is -5.99. The van der Waals surface area contributed by atoms with E-state index < -0.39 is 49.6 Å². The van der Waals surface area contributed by atoms with E-state index >= 15 is 14.4 Å². The fraction of sp³-hybridized carbons (Fsp3) is 0.362. The minimum absolute atomic E-state index is 0.0391. The molecule has 4 N–H and O–H groups in total. The summed E-state index contributed by atoms with van der Waals surface area (Å²) in [5.74, 6) is -1.21. The number of benzene rings is 4. The van der Waals surface area contributed by atoms with Crippen LogP contribution in [-0.4, -0.2) is 96.1 Å². The second kappa shape index (κ2) is 21.3. The number of rotatable bonds is 20. The van der Waals surface area contributed by atoms with Crippen LogP contribution in [-0.2, 0) is 41.7 Å². The molecule has 67 heavy (non-hydrogen) atoms. The molecular formula is C47H58ClN9O8S2. The zero-order chi connectivity index (χ0) is 48.7. The van der Waals surface area contributed by atoms with Gasteiger partial charge in [-0.25, -0.2) is 35.8 Å². The molecule has 0 spiro atoms. The van der Waals surface area contributed by atoms with Crippen LogP contribution >= 0.6 is 11.6 Å². The Kier molecular flexibility index (Phi) is 16.0. The van der Waals surface area contributed by atoms with E-state index in [1.165, 1.54) is 41.6 Å². The second-order valence-electron chi connectivity index (χ2n) is 16.6. The minimum atomic E-state index is -4.17. The van der Waals surface area contributed by atoms with Gasteiger partial charge in [0.2, 0.25) is 20.0 Å². The van der Waals surface area contributed by atoms with Gasteiger partial charge >= 0.3 is 11.7 Å². The Morgan fingerprint density at radius 3 is 2.34 bits per heavy atom. The Labute approximate surface area is 397 Å². The van der Waals surface area contributed by atoms with Crippen LogP contribution in [0.5, 0.6) is 5.75 Å². The van der Waals surface area contributed by atoms with Crippen molar-refractivity contribution in [3.63, 3.8) is 0 Å². The van der Waals surface area contributed by atoms with E-state index in [0.717, 1.165) is 32.5 Å². The molecule has 17 nitrogen and oxygen atoms in total. The summed E-state index contributed by atoms with van der Waals surface area (Å²) in [7, 11) is -7.62. The number of hydrogen-bond donors (Lipinski definition) is 4. The first-order valence-electron chi connectivity index (χ1n) is 21.9. The Balaban J connectivity index is 1.43. The van der Waals surface area contributed by atoms with E-state index in [4.69, 9.17) is 16.3 Å². The lowest BCUT2D eigenvalue weighted by Gasteiger charge is -2.43. The highest BCUT2D eigenvalue weighted by Gasteiger charge is 2.59. The summed E-state index contributed by atoms with van der Waals surface area (Å²) < 4.78 is 63.2. The van der Waals surface area contributed by atoms with Crippen LogP contribution in [0.2, 0.25) is 5.02 Å². The Morgan fingerprint density at radius 1 is 0.910 bits per heavy atom. The predicted octanol–water partition coefficient (Wildman–Crippen LogP) is 6.09. The van der Waals surface area contributed by atoms with Crippen molar-refractivity contribution < 1.29 is 36.0 Å². The van der Waals surface area contributed by atoms with E-state index in [0.29, 0.717) is 48.6 Å². The fourth-order valence-electron chi connectivity index (χ4n) is 7.94. The molecule has 0 saturated carbocycles. The van der Waals surface area contributed by atoms with Gasteiger partial charge < -0.3 is 25.2 Å². The van der Waals surface area contributed by atoms with Gasteiger partial charge in [0.1, 0.15) is 5.75 Å². The maximum Gasteiger partial charge on any atom is 0.324 e. The second-order valence-corrected chi connectivity index (χ2v) is 20.6. The molecule has 1 atom stereocenters. The van der Waals surface area contributed by atoms with Crippen molar-refractivity contribution in [3.8, 4) is 5.75 Å². The van der Waals surface area contributed by atoms with Gasteiger partial charge in [-0.2, -0.15) is 5.10 Å². The van der Waals surface area contributed by atoms with Gasteiger partial charge in [-0.15, -0.1) is 0 Å². The third-order valence-corrected chi connectivity index (χ3v) is 13.7. The first kappa shape index (κ1) is 50.4. The van der Waals surface area contributed by atoms with Crippen molar-refractivity contribution >= 4 is 72.2 Å². The summed E-state index contributed by atoms with van der Waals surface area (Å²) in [6.45, 7) is 12.4. The lowest BCUT2D eigenvalue weighted by molar-refractivity contribution is -0.137. The fourth-order valence-corrected chi connectivity index (χ4v) is 9.67. The number of carbonyl (C=O) groups excluding carboxylic acids is 3. The lowest BCUT2D eigenvalue weighted by Crippen LogP contribution is -2.70. The molecular weight excluding hydrogens is 918 g/mol. The lowest BCUT2D eigenvalue weighted by atomic mass is 10.0. The highest BCUT2D eigenvalue weighted by Crippen LogP contribution is 2.40. The largest absolute Gasteiger partial charge is 0.493 e. The van der Waals surface area contributed by atoms with Crippen LogP contribution in [0.1, 0.15) is 49.4 Å². The van der Waals surface area contributed by atoms with Crippen molar-refractivity contribution in [1.29, 1.82) is 0 Å². The SMILES string of the molecule is CCN(CCNS(C)(=O)=O)c1ccc(N(C(=O)NC(C)C)C(C(=O)Nc2cc(S(=O)(=O)NCCCOc3ccc(C)cc3C)ccc2Cl)(C(=O)N2CCc3ccccc32)n2cccn2)c(C)c1. The quantitative estimate of drug-likeness (QED) is 0.0522. The number of nitrogens with one attached hydrogen (secondary N) is 4. The zero-order valence-corrected chi connectivity index (χ0v) is 41.1. The molecule has 5 aromatic rings. The number of likely N-dealkylation sites (N-methyl/N-ethyl adjacent to an activating group) is 1. The van der Waals surface area contributed by atoms with Crippen LogP contribution in [0.25, 0.3) is 0 Å². The van der Waals surface area contributed by atoms with Crippen LogP contribution in [0.4, 0.5) is 27.5 Å². The maximum absolute atomic E-state index is 15.9. The number of aromatic nitrogens is 2. The number of nitrogens with zero attached hydrogens (tertiary/aromatic N) is 5. The van der Waals surface area contributed by atoms with Crippen molar-refractivity contribution in [2.75, 3.05) is 65.6 Å². The number of amides is 4. The molecule has 0 aliphatic carbocycles. The van der Waals surface area contributed by atoms with Crippen LogP contribution in [0.3, 0.4) is 0 Å². The van der Waals surface area contributed by atoms with E-state index in [1.807, 2.05) is 56.0 Å². The van der Waals surface area contributed by atoms with Gasteiger partial charge in [-0.3, -0.25) is 14.5 Å². The van der Waals surface area contributed by atoms with Crippen molar-refractivity contribution in [2.24, 2.45) is 0 Å². The number of ether oxygens (including phenoxy) is 1. The average Bonchev–Trinajstić information content (AvgIpc) is 3.96. The molecule has 4 amide bonds. The Bertz CT molecular complexity index is 2830. The first-order valence-corrected chi connectivity index (χ1v) is 25.6. The molecule has 0 bridgehead atoms. The van der Waals surface area contributed by atoms with Crippen molar-refractivity contribution in [3.05, 3.63) is 125 Å². The molecule has 2 heterocycles. The summed E-state index contributed by atoms with van der Waals surface area (Å²) in [6.07, 6.45) is 4.68. The summed E-state index contributed by atoms with van der Waals surface area (Å²) in [6, 6.07) is 22.2. The average molecular weight is 977 g/mol. The van der Waals surface area contributed by atoms with E-state index in [1.54, 1.807) is 51.1 Å². The number of sulfonamides is 2. The van der Waals surface area contributed by atoms with E-state index in [9.17, 15) is 16.8 Å². The molecule has 0 radical (unpaired) electrons. The molecule has 0 fully saturated rings. The summed E-state index contributed by atoms with van der Waals surface area (Å²) in [5.41, 5.74) is 1.93. The molecule has 0 saturated heterocycles. The molecule has 6 rings (SSSR count). The monoisotopic (exact) mass is 975 g/mol. The predicted molar refractivity (Wildman–Crippen MR) is 262 cm³/mol. The topological polar surface area (TPSA) is 204 Å². The van der Waals surface area contributed by atoms with Gasteiger partial charge in [-0.1, -0.05) is 47.5 Å². The third-order valence-electron chi connectivity index (χ3n) is 11.1. The molecule has 1 unspecified atom stereocenters. The summed E-state index contributed by atoms with van der Waals surface area (Å²) in [5, 5.41) is 10.1. The number of halogens is 1. The van der Waals surface area contributed by atoms with E-state index in [2.05, 4.69) is 25.2 Å². The number of anilines is 4. The van der Waals surface area contributed by atoms with Gasteiger partial charge in [0.05, 0.1) is 34.2 Å². The number of aryl methyl sites for hydroxylation is 3. The molecule has 4 aromatic carbocycles. The normalized spacial score (nSPS) is 13.5. The zero-order valence-electron chi connectivity index (χ0n) is 38.7. The standard InChI is InChI=1S/C47H58ClN9O8S2/c1-8-54(27-24-50-66(7,61)62)37-16-19-41(34(5)30-37)57(46(60)52-32(2)3)47(56-25-11-22-49-56,45(59)55-26-21-36-13-9-10-14-42(36)55)44(58)53-40-31-38(17-18-39(40)48)67(63,64)51-23-12-28-65-43-20-15-33(4)29-35(43)6/h9-11,13-20,22,25,29-32,50-51H,8,12,21,23-24,26-28H2,1-7H3,(H,52,60)(H,53,58). The molecule has 20 heteroatoms. The van der Waals surface area contributed by atoms with E-state index in [-0.39, 0.29) is 47.5 Å². The van der Waals surface area contributed by atoms with Crippen molar-refractivity contribution in [1.82, 2.24) is 24.5 Å². The van der Waals surface area contributed by atoms with Crippen LogP contribution < -0.4 is 39.5 Å². The van der Waals surface area contributed by atoms with Gasteiger partial charge in [0.25, 0.3) is 11.8 Å². The number of para-hydroxylation sites is 1. The number of urea groups is 1. The summed E-state index contributed by atoms with van der Waals surface area (Å²) >= 11 is 6.74. The van der Waals surface area contributed by atoms with Crippen molar-refractivity contribution in [2.45, 2.75) is 71.0 Å². The van der Waals surface area contributed by atoms with Gasteiger partial charge in [0, 0.05) is 62.5 Å². The highest BCUT2D eigenvalue weighted by molar-refractivity contribution is 7.89. The van der Waals surface area contributed by atoms with Crippen LogP contribution in [0.15, 0.2) is 102 Å². The molecule has 1 aromatic heterocycles. The molecule has 1 aliphatic heterocycles. The first-order chi connectivity index (χ1) is 31.8. The van der Waals surface area contributed by atoms with Crippen LogP contribution in [0, 0.1) is 20.8 Å². The maximum atomic E-state index is 15.9. The third kappa shape index (κ3) is 11.6. The molecule has 1 aliphatic rings. The van der Waals surface area contributed by atoms with Gasteiger partial charge in [-0.05, 0) is 126 Å². The number of hydrogen-bond acceptors (Lipinski definition) is 10. The molecule has 358 valence electrons. The smallest absolute Gasteiger partial charge is 0.324 e. The Morgan fingerprint density at radius 2 is 1.67 bits per heavy atom. The highest BCUT2D eigenvalue weighted by atomic mass is 35.5. The minimum Gasteiger partial charge on any atom is -0.493 e. The number of carbonyl (C=O) groups is 3. The summed E-state index contributed by atoms with van der Waals surface area (Å²) in [4.78, 5) is 50.9. The number of fused-ring (bicyclic) bond motifs is 1. The van der Waals surface area contributed by atoms with Gasteiger partial charge in [0.15, 0.2) is 0 Å².